The third-order valence-electron chi connectivity index (χ3n) is 6.31. The molecule has 0 aliphatic carbocycles. The van der Waals surface area contributed by atoms with Crippen molar-refractivity contribution in [3.05, 3.63) is 61.7 Å². The molecule has 1 saturated heterocycles. The molecule has 1 unspecified atom stereocenters. The van der Waals surface area contributed by atoms with E-state index in [0.29, 0.717) is 12.0 Å². The number of nitrogens with zero attached hydrogens (tertiary/aromatic N) is 4. The van der Waals surface area contributed by atoms with Gasteiger partial charge in [-0.15, -0.1) is 23.1 Å². The number of nitro benzene ring substituents is 1. The molecule has 0 bridgehead atoms. The zero-order valence-electron chi connectivity index (χ0n) is 22.8. The van der Waals surface area contributed by atoms with Crippen LogP contribution in [0.4, 0.5) is 10.8 Å². The minimum absolute atomic E-state index is 0.105. The molecule has 43 heavy (non-hydrogen) atoms. The number of nitrogens with one attached hydrogen (secondary N) is 2. The number of amides is 3. The van der Waals surface area contributed by atoms with Crippen LogP contribution in [0.2, 0.25) is 0 Å². The van der Waals surface area contributed by atoms with Gasteiger partial charge in [-0.3, -0.25) is 29.4 Å². The number of hydrogen-bond acceptors (Lipinski definition) is 12. The number of fused-ring (bicyclic) bond motifs is 1. The quantitative estimate of drug-likeness (QED) is 0.0550. The van der Waals surface area contributed by atoms with Crippen molar-refractivity contribution < 1.29 is 33.7 Å². The molecule has 3 heterocycles. The number of thiazole rings is 1. The predicted octanol–water partition coefficient (Wildman–Crippen LogP) is 3.51. The van der Waals surface area contributed by atoms with Gasteiger partial charge in [-0.2, -0.15) is 0 Å². The van der Waals surface area contributed by atoms with Crippen LogP contribution in [0.3, 0.4) is 0 Å². The number of esters is 1. The van der Waals surface area contributed by atoms with Crippen molar-refractivity contribution in [1.82, 2.24) is 15.2 Å². The number of unbranched alkanes of at least 4 members (excludes halogenated alkanes) is 3. The summed E-state index contributed by atoms with van der Waals surface area (Å²) < 4.78 is 5.34. The maximum atomic E-state index is 13.3. The Balaban J connectivity index is 1.42. The first-order chi connectivity index (χ1) is 20.7. The zero-order valence-corrected chi connectivity index (χ0v) is 25.2. The fourth-order valence-electron chi connectivity index (χ4n) is 4.12. The fraction of sp³-hybridized carbons (Fsp3) is 0.385. The standard InChI is InChI=1S/C26H27ClN6O8S2/c1-2-3-4-5-10-41-31-19(18-13-43-26(29-18)28-14-34)22(35)30-20-23(36)32-21(17(27)12-42-24(20)32)25(37)40-11-15-6-8-16(9-7-15)33(38)39/h6-9,13-14,20,24H,2-5,10-12H2,1H3,(H,30,35)(H,28,29,34)/t20?,24-/m1/s1. The average molecular weight is 651 g/mol. The number of aromatic nitrogens is 1. The van der Waals surface area contributed by atoms with Crippen molar-refractivity contribution in [3.63, 3.8) is 0 Å². The summed E-state index contributed by atoms with van der Waals surface area (Å²) in [5, 5.41) is 21.2. The third kappa shape index (κ3) is 7.69. The van der Waals surface area contributed by atoms with E-state index in [2.05, 4.69) is 27.7 Å². The lowest BCUT2D eigenvalue weighted by Crippen LogP contribution is -2.71. The first kappa shape index (κ1) is 31.9. The molecule has 0 saturated carbocycles. The molecule has 2 aromatic rings. The van der Waals surface area contributed by atoms with E-state index in [9.17, 15) is 29.3 Å². The summed E-state index contributed by atoms with van der Waals surface area (Å²) in [7, 11) is 0. The van der Waals surface area contributed by atoms with Gasteiger partial charge in [0.15, 0.2) is 10.8 Å². The summed E-state index contributed by atoms with van der Waals surface area (Å²) in [5.74, 6) is -1.95. The topological polar surface area (TPSA) is 182 Å². The summed E-state index contributed by atoms with van der Waals surface area (Å²) in [6.07, 6.45) is 4.23. The summed E-state index contributed by atoms with van der Waals surface area (Å²) >= 11 is 8.66. The first-order valence-corrected chi connectivity index (χ1v) is 15.5. The van der Waals surface area contributed by atoms with Crippen LogP contribution in [0.5, 0.6) is 0 Å². The minimum atomic E-state index is -0.999. The Bertz CT molecular complexity index is 1450. The Kier molecular flexibility index (Phi) is 11.1. The average Bonchev–Trinajstić information content (AvgIpc) is 3.46. The number of thioether (sulfide) groups is 1. The van der Waals surface area contributed by atoms with Crippen LogP contribution in [-0.4, -0.2) is 68.5 Å². The van der Waals surface area contributed by atoms with Crippen LogP contribution in [-0.2, 0) is 35.4 Å². The van der Waals surface area contributed by atoms with Gasteiger partial charge in [0.25, 0.3) is 17.5 Å². The maximum absolute atomic E-state index is 13.3. The number of carbonyl (C=O) groups excluding carboxylic acids is 4. The van der Waals surface area contributed by atoms with E-state index in [1.807, 2.05) is 0 Å². The van der Waals surface area contributed by atoms with Gasteiger partial charge in [-0.25, -0.2) is 9.78 Å². The van der Waals surface area contributed by atoms with E-state index >= 15 is 0 Å². The molecule has 1 fully saturated rings. The molecule has 228 valence electrons. The number of oxime groups is 1. The number of nitro groups is 1. The molecular formula is C26H27ClN6O8S2. The smallest absolute Gasteiger partial charge is 0.356 e. The van der Waals surface area contributed by atoms with Gasteiger partial charge in [0.1, 0.15) is 36.0 Å². The monoisotopic (exact) mass is 650 g/mol. The number of carbonyl (C=O) groups is 4. The van der Waals surface area contributed by atoms with Crippen LogP contribution in [0.1, 0.15) is 43.9 Å². The van der Waals surface area contributed by atoms with E-state index in [1.54, 1.807) is 0 Å². The summed E-state index contributed by atoms with van der Waals surface area (Å²) in [4.78, 5) is 71.3. The number of benzene rings is 1. The molecule has 0 radical (unpaired) electrons. The van der Waals surface area contributed by atoms with E-state index in [1.165, 1.54) is 46.3 Å². The van der Waals surface area contributed by atoms with Gasteiger partial charge in [0.2, 0.25) is 6.41 Å². The summed E-state index contributed by atoms with van der Waals surface area (Å²) in [6, 6.07) is 4.48. The molecule has 17 heteroatoms. The highest BCUT2D eigenvalue weighted by Crippen LogP contribution is 2.41. The van der Waals surface area contributed by atoms with Gasteiger partial charge in [0, 0.05) is 23.3 Å². The van der Waals surface area contributed by atoms with Crippen molar-refractivity contribution in [2.24, 2.45) is 5.16 Å². The van der Waals surface area contributed by atoms with Crippen LogP contribution >= 0.6 is 34.7 Å². The second-order valence-corrected chi connectivity index (χ2v) is 11.7. The van der Waals surface area contributed by atoms with E-state index < -0.39 is 34.1 Å². The predicted molar refractivity (Wildman–Crippen MR) is 159 cm³/mol. The van der Waals surface area contributed by atoms with Gasteiger partial charge in [-0.1, -0.05) is 36.5 Å². The molecule has 14 nitrogen and oxygen atoms in total. The number of β-lactam (4-membered cyclic amide) rings is 1. The molecule has 1 aromatic heterocycles. The highest BCUT2D eigenvalue weighted by atomic mass is 35.5. The normalized spacial score (nSPS) is 18.0. The SMILES string of the molecule is CCCCCCON=C(C(=O)NC1C(=O)N2C(C(=O)OCc3ccc([N+](=O)[O-])cc3)=C(Cl)CS[C@H]12)c1csc(NC=O)n1. The van der Waals surface area contributed by atoms with Gasteiger partial charge in [-0.05, 0) is 30.5 Å². The molecule has 2 aliphatic rings. The molecule has 0 spiro atoms. The molecule has 1 aromatic carbocycles. The van der Waals surface area contributed by atoms with Crippen molar-refractivity contribution in [3.8, 4) is 0 Å². The largest absolute Gasteiger partial charge is 0.456 e. The summed E-state index contributed by atoms with van der Waals surface area (Å²) in [5.41, 5.74) is 0.251. The number of rotatable bonds is 15. The second kappa shape index (κ2) is 14.9. The summed E-state index contributed by atoms with van der Waals surface area (Å²) in [6.45, 7) is 2.17. The van der Waals surface area contributed by atoms with E-state index in [-0.39, 0.29) is 51.9 Å². The first-order valence-electron chi connectivity index (χ1n) is 13.2. The molecule has 2 N–H and O–H groups in total. The zero-order chi connectivity index (χ0) is 30.9. The minimum Gasteiger partial charge on any atom is -0.456 e. The Morgan fingerprint density at radius 2 is 2.05 bits per heavy atom. The van der Waals surface area contributed by atoms with Crippen molar-refractivity contribution in [2.75, 3.05) is 17.7 Å². The van der Waals surface area contributed by atoms with Crippen molar-refractivity contribution >= 4 is 75.4 Å². The molecule has 3 amide bonds. The molecular weight excluding hydrogens is 624 g/mol. The Hall–Kier alpha value is -4.02. The second-order valence-electron chi connectivity index (χ2n) is 9.25. The Morgan fingerprint density at radius 1 is 1.28 bits per heavy atom. The van der Waals surface area contributed by atoms with Crippen LogP contribution in [0.15, 0.2) is 45.5 Å². The lowest BCUT2D eigenvalue weighted by molar-refractivity contribution is -0.384. The lowest BCUT2D eigenvalue weighted by atomic mass is 10.0. The van der Waals surface area contributed by atoms with Gasteiger partial charge >= 0.3 is 5.97 Å². The maximum Gasteiger partial charge on any atom is 0.356 e. The van der Waals surface area contributed by atoms with Gasteiger partial charge < -0.3 is 20.2 Å². The number of anilines is 1. The number of non-ortho nitro benzene ring substituents is 1. The van der Waals surface area contributed by atoms with Crippen molar-refractivity contribution in [1.29, 1.82) is 0 Å². The number of halogens is 1. The van der Waals surface area contributed by atoms with Crippen molar-refractivity contribution in [2.45, 2.75) is 50.6 Å². The van der Waals surface area contributed by atoms with E-state index in [4.69, 9.17) is 21.2 Å². The van der Waals surface area contributed by atoms with E-state index in [0.717, 1.165) is 37.0 Å². The van der Waals surface area contributed by atoms with Gasteiger partial charge in [0.05, 0.1) is 9.96 Å². The lowest BCUT2D eigenvalue weighted by Gasteiger charge is -2.49. The molecule has 2 atom stereocenters. The Morgan fingerprint density at radius 3 is 2.74 bits per heavy atom. The highest BCUT2D eigenvalue weighted by molar-refractivity contribution is 8.00. The number of hydrogen-bond donors (Lipinski definition) is 2. The number of ether oxygens (including phenoxy) is 1. The van der Waals surface area contributed by atoms with Crippen LogP contribution in [0.25, 0.3) is 0 Å². The van der Waals surface area contributed by atoms with Crippen LogP contribution in [0, 0.1) is 10.1 Å². The highest BCUT2D eigenvalue weighted by Gasteiger charge is 2.54. The third-order valence-corrected chi connectivity index (χ3v) is 8.83. The fourth-order valence-corrected chi connectivity index (χ4v) is 6.32. The Labute approximate surface area is 259 Å². The molecule has 2 aliphatic heterocycles. The molecule has 4 rings (SSSR count). The van der Waals surface area contributed by atoms with Crippen LogP contribution < -0.4 is 10.6 Å².